The summed E-state index contributed by atoms with van der Waals surface area (Å²) in [6.07, 6.45) is 1.30. The van der Waals surface area contributed by atoms with E-state index in [1.54, 1.807) is 0 Å². The zero-order valence-corrected chi connectivity index (χ0v) is 10.3. The van der Waals surface area contributed by atoms with Gasteiger partial charge in [0.1, 0.15) is 36.1 Å². The third-order valence-electron chi connectivity index (χ3n) is 2.12. The molecule has 0 unspecified atom stereocenters. The van der Waals surface area contributed by atoms with Crippen molar-refractivity contribution in [2.45, 2.75) is 0 Å². The van der Waals surface area contributed by atoms with Gasteiger partial charge in [0, 0.05) is 0 Å². The lowest BCUT2D eigenvalue weighted by Crippen LogP contribution is -2.10. The monoisotopic (exact) mass is 265 g/mol. The quantitative estimate of drug-likeness (QED) is 0.839. The van der Waals surface area contributed by atoms with E-state index >= 15 is 0 Å². The van der Waals surface area contributed by atoms with Gasteiger partial charge in [-0.05, 0) is 12.1 Å². The molecule has 0 aliphatic rings. The normalized spacial score (nSPS) is 10.1. The molecule has 1 aromatic carbocycles. The highest BCUT2D eigenvalue weighted by molar-refractivity contribution is 6.33. The van der Waals surface area contributed by atoms with Crippen LogP contribution in [0.25, 0.3) is 0 Å². The molecule has 0 amide bonds. The van der Waals surface area contributed by atoms with Crippen LogP contribution in [0.1, 0.15) is 0 Å². The molecule has 2 N–H and O–H groups in total. The van der Waals surface area contributed by atoms with E-state index in [4.69, 9.17) is 26.8 Å². The van der Waals surface area contributed by atoms with Crippen LogP contribution in [0.4, 0.5) is 5.82 Å². The van der Waals surface area contributed by atoms with Crippen molar-refractivity contribution in [1.29, 1.82) is 0 Å². The highest BCUT2D eigenvalue weighted by Crippen LogP contribution is 2.25. The van der Waals surface area contributed by atoms with E-state index in [9.17, 15) is 0 Å². The van der Waals surface area contributed by atoms with Gasteiger partial charge in [-0.1, -0.05) is 29.8 Å². The molecule has 0 saturated heterocycles. The number of hydrogen-bond acceptors (Lipinski definition) is 5. The van der Waals surface area contributed by atoms with Crippen LogP contribution in [0, 0.1) is 0 Å². The minimum Gasteiger partial charge on any atom is -0.490 e. The molecule has 18 heavy (non-hydrogen) atoms. The number of anilines is 1. The summed E-state index contributed by atoms with van der Waals surface area (Å²) in [5.74, 6) is 1.25. The highest BCUT2D eigenvalue weighted by atomic mass is 35.5. The number of para-hydroxylation sites is 1. The van der Waals surface area contributed by atoms with Crippen LogP contribution in [0.5, 0.6) is 11.6 Å². The molecule has 5 nitrogen and oxygen atoms in total. The number of nitrogen functional groups attached to an aromatic ring is 1. The molecular formula is C12H12ClN3O2. The maximum Gasteiger partial charge on any atom is 0.238 e. The zero-order valence-electron chi connectivity index (χ0n) is 9.54. The van der Waals surface area contributed by atoms with Crippen LogP contribution >= 0.6 is 11.6 Å². The number of halogens is 1. The number of benzene rings is 1. The van der Waals surface area contributed by atoms with Crippen LogP contribution in [-0.4, -0.2) is 23.2 Å². The summed E-state index contributed by atoms with van der Waals surface area (Å²) in [5.41, 5.74) is 5.52. The second-order valence-electron chi connectivity index (χ2n) is 3.39. The largest absolute Gasteiger partial charge is 0.490 e. The van der Waals surface area contributed by atoms with E-state index in [0.29, 0.717) is 13.2 Å². The Morgan fingerprint density at radius 1 is 1.06 bits per heavy atom. The van der Waals surface area contributed by atoms with Crippen molar-refractivity contribution in [3.05, 3.63) is 41.7 Å². The number of hydrogen-bond donors (Lipinski definition) is 1. The van der Waals surface area contributed by atoms with Crippen molar-refractivity contribution in [2.75, 3.05) is 18.9 Å². The van der Waals surface area contributed by atoms with Crippen molar-refractivity contribution < 1.29 is 9.47 Å². The summed E-state index contributed by atoms with van der Waals surface area (Å²) in [5, 5.41) is 0.220. The van der Waals surface area contributed by atoms with Crippen molar-refractivity contribution in [3.8, 4) is 11.6 Å². The van der Waals surface area contributed by atoms with Gasteiger partial charge in [-0.15, -0.1) is 0 Å². The van der Waals surface area contributed by atoms with E-state index < -0.39 is 0 Å². The molecule has 2 aromatic rings. The van der Waals surface area contributed by atoms with Crippen LogP contribution in [-0.2, 0) is 0 Å². The first-order valence-electron chi connectivity index (χ1n) is 5.34. The SMILES string of the molecule is Nc1ncnc(OCCOc2ccccc2)c1Cl. The molecule has 0 radical (unpaired) electrons. The Labute approximate surface area is 110 Å². The number of nitrogens with zero attached hydrogens (tertiary/aromatic N) is 2. The Balaban J connectivity index is 1.81. The molecule has 0 atom stereocenters. The Bertz CT molecular complexity index is 508. The minimum atomic E-state index is 0.200. The Morgan fingerprint density at radius 2 is 1.78 bits per heavy atom. The van der Waals surface area contributed by atoms with E-state index in [1.807, 2.05) is 30.3 Å². The van der Waals surface area contributed by atoms with Gasteiger partial charge in [-0.3, -0.25) is 0 Å². The van der Waals surface area contributed by atoms with Gasteiger partial charge in [-0.25, -0.2) is 9.97 Å². The Kier molecular flexibility index (Phi) is 4.20. The van der Waals surface area contributed by atoms with Gasteiger partial charge in [0.15, 0.2) is 0 Å². The smallest absolute Gasteiger partial charge is 0.238 e. The average molecular weight is 266 g/mol. The molecule has 0 fully saturated rings. The molecule has 0 bridgehead atoms. The molecule has 2 rings (SSSR count). The second kappa shape index (κ2) is 6.07. The van der Waals surface area contributed by atoms with Crippen molar-refractivity contribution >= 4 is 17.4 Å². The first kappa shape index (κ1) is 12.4. The van der Waals surface area contributed by atoms with E-state index in [1.165, 1.54) is 6.33 Å². The summed E-state index contributed by atoms with van der Waals surface area (Å²) >= 11 is 5.87. The number of nitrogens with two attached hydrogens (primary N) is 1. The molecule has 94 valence electrons. The summed E-state index contributed by atoms with van der Waals surface area (Å²) < 4.78 is 10.8. The third-order valence-corrected chi connectivity index (χ3v) is 2.47. The predicted octanol–water partition coefficient (Wildman–Crippen LogP) is 2.17. The van der Waals surface area contributed by atoms with Crippen LogP contribution < -0.4 is 15.2 Å². The molecule has 0 saturated carbocycles. The van der Waals surface area contributed by atoms with Gasteiger partial charge < -0.3 is 15.2 Å². The van der Waals surface area contributed by atoms with E-state index in [0.717, 1.165) is 5.75 Å². The van der Waals surface area contributed by atoms with Crippen molar-refractivity contribution in [2.24, 2.45) is 0 Å². The zero-order chi connectivity index (χ0) is 12.8. The second-order valence-corrected chi connectivity index (χ2v) is 3.77. The molecule has 1 heterocycles. The van der Waals surface area contributed by atoms with Gasteiger partial charge >= 0.3 is 0 Å². The van der Waals surface area contributed by atoms with Crippen LogP contribution in [0.15, 0.2) is 36.7 Å². The van der Waals surface area contributed by atoms with Crippen molar-refractivity contribution in [1.82, 2.24) is 9.97 Å². The number of ether oxygens (including phenoxy) is 2. The van der Waals surface area contributed by atoms with E-state index in [2.05, 4.69) is 9.97 Å². The Morgan fingerprint density at radius 3 is 2.56 bits per heavy atom. The lowest BCUT2D eigenvalue weighted by atomic mass is 10.3. The summed E-state index contributed by atoms with van der Waals surface area (Å²) in [7, 11) is 0. The Hall–Kier alpha value is -2.01. The lowest BCUT2D eigenvalue weighted by Gasteiger charge is -2.08. The predicted molar refractivity (Wildman–Crippen MR) is 68.9 cm³/mol. The fourth-order valence-corrected chi connectivity index (χ4v) is 1.43. The first-order valence-corrected chi connectivity index (χ1v) is 5.72. The van der Waals surface area contributed by atoms with E-state index in [-0.39, 0.29) is 16.7 Å². The van der Waals surface area contributed by atoms with Crippen molar-refractivity contribution in [3.63, 3.8) is 0 Å². The first-order chi connectivity index (χ1) is 8.77. The number of aromatic nitrogens is 2. The van der Waals surface area contributed by atoms with Gasteiger partial charge in [0.2, 0.25) is 5.88 Å². The fraction of sp³-hybridized carbons (Fsp3) is 0.167. The average Bonchev–Trinajstić information content (AvgIpc) is 2.40. The molecule has 6 heteroatoms. The minimum absolute atomic E-state index is 0.200. The molecular weight excluding hydrogens is 254 g/mol. The topological polar surface area (TPSA) is 70.3 Å². The summed E-state index contributed by atoms with van der Waals surface area (Å²) in [6.45, 7) is 0.718. The lowest BCUT2D eigenvalue weighted by molar-refractivity contribution is 0.212. The van der Waals surface area contributed by atoms with Crippen LogP contribution in [0.2, 0.25) is 5.02 Å². The van der Waals surface area contributed by atoms with Gasteiger partial charge in [-0.2, -0.15) is 0 Å². The molecule has 0 spiro atoms. The maximum atomic E-state index is 5.87. The standard InChI is InChI=1S/C12H12ClN3O2/c13-10-11(14)15-8-16-12(10)18-7-6-17-9-4-2-1-3-5-9/h1-5,8H,6-7H2,(H2,14,15,16). The third kappa shape index (κ3) is 3.24. The van der Waals surface area contributed by atoms with Gasteiger partial charge in [0.05, 0.1) is 0 Å². The molecule has 1 aromatic heterocycles. The van der Waals surface area contributed by atoms with Gasteiger partial charge in [0.25, 0.3) is 0 Å². The molecule has 0 aliphatic carbocycles. The van der Waals surface area contributed by atoms with Crippen LogP contribution in [0.3, 0.4) is 0 Å². The summed E-state index contributed by atoms with van der Waals surface area (Å²) in [4.78, 5) is 7.62. The highest BCUT2D eigenvalue weighted by Gasteiger charge is 2.07. The fourth-order valence-electron chi connectivity index (χ4n) is 1.28. The summed E-state index contributed by atoms with van der Waals surface area (Å²) in [6, 6.07) is 9.47. The maximum absolute atomic E-state index is 5.87. The molecule has 0 aliphatic heterocycles. The number of rotatable bonds is 5.